The number of rotatable bonds is 10. The van der Waals surface area contributed by atoms with Crippen molar-refractivity contribution in [1.82, 2.24) is 4.90 Å². The molecule has 1 fully saturated rings. The summed E-state index contributed by atoms with van der Waals surface area (Å²) < 4.78 is 11.2. The van der Waals surface area contributed by atoms with Crippen molar-refractivity contribution in [2.75, 3.05) is 39.2 Å². The van der Waals surface area contributed by atoms with E-state index in [1.807, 2.05) is 39.8 Å². The predicted octanol–water partition coefficient (Wildman–Crippen LogP) is 2.12. The zero-order valence-corrected chi connectivity index (χ0v) is 19.1. The van der Waals surface area contributed by atoms with Crippen LogP contribution in [0.3, 0.4) is 0 Å². The summed E-state index contributed by atoms with van der Waals surface area (Å²) in [6, 6.07) is 5.42. The first-order chi connectivity index (χ1) is 14.4. The third-order valence-corrected chi connectivity index (χ3v) is 5.85. The molecule has 1 aliphatic carbocycles. The Kier molecular flexibility index (Phi) is 9.43. The Hall–Kier alpha value is -2.28. The highest BCUT2D eigenvalue weighted by Gasteiger charge is 2.30. The molecule has 2 atom stereocenters. The Morgan fingerprint density at radius 3 is 2.40 bits per heavy atom. The number of nitrogens with zero attached hydrogens (tertiary/aromatic N) is 1. The van der Waals surface area contributed by atoms with Crippen LogP contribution < -0.4 is 19.7 Å². The number of anilines is 1. The third-order valence-electron chi connectivity index (χ3n) is 5.85. The van der Waals surface area contributed by atoms with Crippen molar-refractivity contribution in [3.63, 3.8) is 0 Å². The van der Waals surface area contributed by atoms with E-state index in [0.29, 0.717) is 36.4 Å². The second-order valence-corrected chi connectivity index (χ2v) is 8.06. The van der Waals surface area contributed by atoms with Crippen LogP contribution in [-0.2, 0) is 9.59 Å². The molecule has 1 aliphatic rings. The molecular weight excluding hydrogens is 382 g/mol. The molecule has 0 bridgehead atoms. The van der Waals surface area contributed by atoms with Gasteiger partial charge in [0.1, 0.15) is 0 Å². The van der Waals surface area contributed by atoms with Gasteiger partial charge in [-0.1, -0.05) is 19.3 Å². The van der Waals surface area contributed by atoms with Crippen molar-refractivity contribution < 1.29 is 24.0 Å². The van der Waals surface area contributed by atoms with Gasteiger partial charge < -0.3 is 24.6 Å². The van der Waals surface area contributed by atoms with Crippen molar-refractivity contribution >= 4 is 17.5 Å². The molecule has 0 saturated heterocycles. The number of nitrogens with one attached hydrogen (secondary N) is 2. The Morgan fingerprint density at radius 2 is 1.77 bits per heavy atom. The summed E-state index contributed by atoms with van der Waals surface area (Å²) in [5, 5.41) is 2.91. The van der Waals surface area contributed by atoms with Crippen LogP contribution >= 0.6 is 0 Å². The highest BCUT2D eigenvalue weighted by atomic mass is 16.5. The van der Waals surface area contributed by atoms with Crippen molar-refractivity contribution in [2.45, 2.75) is 65.0 Å². The summed E-state index contributed by atoms with van der Waals surface area (Å²) in [5.41, 5.74) is 0.651. The number of hydrogen-bond donors (Lipinski definition) is 2. The molecular formula is C23H38N3O4+. The molecule has 1 aromatic carbocycles. The van der Waals surface area contributed by atoms with Gasteiger partial charge in [-0.05, 0) is 45.7 Å². The second kappa shape index (κ2) is 11.8. The minimum absolute atomic E-state index is 0.104. The van der Waals surface area contributed by atoms with Gasteiger partial charge in [0.05, 0.1) is 20.3 Å². The zero-order chi connectivity index (χ0) is 22.1. The zero-order valence-electron chi connectivity index (χ0n) is 19.1. The van der Waals surface area contributed by atoms with Crippen LogP contribution in [0.4, 0.5) is 5.69 Å². The first-order valence-corrected chi connectivity index (χ1v) is 11.2. The Morgan fingerprint density at radius 1 is 1.13 bits per heavy atom. The normalized spacial score (nSPS) is 16.4. The quantitative estimate of drug-likeness (QED) is 0.608. The van der Waals surface area contributed by atoms with Gasteiger partial charge in [-0.15, -0.1) is 0 Å². The maximum atomic E-state index is 12.9. The molecule has 2 N–H and O–H groups in total. The number of ether oxygens (including phenoxy) is 2. The molecule has 0 radical (unpaired) electrons. The number of quaternary nitrogens is 1. The first-order valence-electron chi connectivity index (χ1n) is 11.2. The van der Waals surface area contributed by atoms with Crippen LogP contribution in [0.25, 0.3) is 0 Å². The lowest BCUT2D eigenvalue weighted by molar-refractivity contribution is -0.886. The highest BCUT2D eigenvalue weighted by Crippen LogP contribution is 2.30. The van der Waals surface area contributed by atoms with Gasteiger partial charge >= 0.3 is 0 Å². The van der Waals surface area contributed by atoms with Crippen LogP contribution in [0.15, 0.2) is 18.2 Å². The van der Waals surface area contributed by atoms with Crippen molar-refractivity contribution in [2.24, 2.45) is 0 Å². The minimum Gasteiger partial charge on any atom is -0.490 e. The summed E-state index contributed by atoms with van der Waals surface area (Å²) in [4.78, 5) is 28.2. The summed E-state index contributed by atoms with van der Waals surface area (Å²) in [6.45, 7) is 6.98. The van der Waals surface area contributed by atoms with E-state index in [4.69, 9.17) is 9.47 Å². The fourth-order valence-electron chi connectivity index (χ4n) is 3.90. The van der Waals surface area contributed by atoms with E-state index in [9.17, 15) is 9.59 Å². The molecule has 168 valence electrons. The number of carbonyl (C=O) groups is 2. The molecule has 7 heteroatoms. The van der Waals surface area contributed by atoms with Crippen LogP contribution in [0.1, 0.15) is 52.9 Å². The van der Waals surface area contributed by atoms with Gasteiger partial charge in [-0.25, -0.2) is 0 Å². The number of likely N-dealkylation sites (N-methyl/N-ethyl adjacent to an activating group) is 2. The molecule has 2 rings (SSSR count). The number of carbonyl (C=O) groups excluding carboxylic acids is 2. The smallest absolute Gasteiger partial charge is 0.280 e. The van der Waals surface area contributed by atoms with Gasteiger partial charge in [0.15, 0.2) is 24.1 Å². The van der Waals surface area contributed by atoms with Gasteiger partial charge in [-0.3, -0.25) is 9.59 Å². The van der Waals surface area contributed by atoms with Crippen LogP contribution in [0.2, 0.25) is 0 Å². The Bertz CT molecular complexity index is 704. The molecule has 30 heavy (non-hydrogen) atoms. The van der Waals surface area contributed by atoms with E-state index in [1.54, 1.807) is 18.2 Å². The number of benzene rings is 1. The van der Waals surface area contributed by atoms with E-state index in [-0.39, 0.29) is 24.4 Å². The molecule has 0 aliphatic heterocycles. The maximum absolute atomic E-state index is 12.9. The standard InChI is InChI=1S/C23H37N3O4/c1-6-29-20-14-13-18(15-21(20)30-7-2)24-22(27)16-25(4)17(3)23(28)26(5)19-11-9-8-10-12-19/h13-15,17,19H,6-12,16H2,1-5H3,(H,24,27)/p+1/t17-/m1/s1. The lowest BCUT2D eigenvalue weighted by Crippen LogP contribution is -3.15. The number of hydrogen-bond acceptors (Lipinski definition) is 4. The summed E-state index contributed by atoms with van der Waals surface area (Å²) in [7, 11) is 3.79. The van der Waals surface area contributed by atoms with E-state index in [0.717, 1.165) is 17.7 Å². The van der Waals surface area contributed by atoms with Gasteiger partial charge in [0, 0.05) is 24.8 Å². The van der Waals surface area contributed by atoms with Crippen molar-refractivity contribution in [1.29, 1.82) is 0 Å². The SMILES string of the molecule is CCOc1ccc(NC(=O)C[NH+](C)[C@H](C)C(=O)N(C)C2CCCCC2)cc1OCC. The molecule has 1 unspecified atom stereocenters. The predicted molar refractivity (Wildman–Crippen MR) is 118 cm³/mol. The second-order valence-electron chi connectivity index (χ2n) is 8.06. The lowest BCUT2D eigenvalue weighted by atomic mass is 9.94. The largest absolute Gasteiger partial charge is 0.490 e. The minimum atomic E-state index is -0.276. The van der Waals surface area contributed by atoms with E-state index < -0.39 is 0 Å². The Balaban J connectivity index is 1.93. The molecule has 1 saturated carbocycles. The number of amides is 2. The molecule has 2 amide bonds. The summed E-state index contributed by atoms with van der Waals surface area (Å²) in [5.74, 6) is 1.23. The lowest BCUT2D eigenvalue weighted by Gasteiger charge is -2.33. The monoisotopic (exact) mass is 420 g/mol. The fraction of sp³-hybridized carbons (Fsp3) is 0.652. The van der Waals surface area contributed by atoms with Crippen molar-refractivity contribution in [3.8, 4) is 11.5 Å². The average molecular weight is 421 g/mol. The topological polar surface area (TPSA) is 72.3 Å². The van der Waals surface area contributed by atoms with E-state index >= 15 is 0 Å². The maximum Gasteiger partial charge on any atom is 0.280 e. The Labute approximate surface area is 180 Å². The van der Waals surface area contributed by atoms with Crippen molar-refractivity contribution in [3.05, 3.63) is 18.2 Å². The van der Waals surface area contributed by atoms with Crippen LogP contribution in [0.5, 0.6) is 11.5 Å². The summed E-state index contributed by atoms with van der Waals surface area (Å²) in [6.07, 6.45) is 5.79. The molecule has 7 nitrogen and oxygen atoms in total. The van der Waals surface area contributed by atoms with Crippen LogP contribution in [0, 0.1) is 0 Å². The fourth-order valence-corrected chi connectivity index (χ4v) is 3.90. The molecule has 0 spiro atoms. The van der Waals surface area contributed by atoms with Gasteiger partial charge in [-0.2, -0.15) is 0 Å². The van der Waals surface area contributed by atoms with Gasteiger partial charge in [0.2, 0.25) is 0 Å². The third kappa shape index (κ3) is 6.62. The van der Waals surface area contributed by atoms with Crippen LogP contribution in [-0.4, -0.2) is 62.7 Å². The average Bonchev–Trinajstić information content (AvgIpc) is 2.74. The summed E-state index contributed by atoms with van der Waals surface area (Å²) >= 11 is 0. The van der Waals surface area contributed by atoms with Gasteiger partial charge in [0.25, 0.3) is 11.8 Å². The van der Waals surface area contributed by atoms with E-state index in [1.165, 1.54) is 19.3 Å². The van der Waals surface area contributed by atoms with E-state index in [2.05, 4.69) is 5.32 Å². The first kappa shape index (κ1) is 24.0. The molecule has 1 aromatic rings. The molecule has 0 aromatic heterocycles. The highest BCUT2D eigenvalue weighted by molar-refractivity contribution is 5.92. The molecule has 0 heterocycles.